The quantitative estimate of drug-likeness (QED) is 0.873. The Morgan fingerprint density at radius 1 is 1.12 bits per heavy atom. The standard InChI is InChI=1S/C15H19NS/c1-4-12-6-8-13(9-7-12)15(3,16)14-10-5-11(2)17-14/h5-10H,4,16H2,1-3H3. The summed E-state index contributed by atoms with van der Waals surface area (Å²) in [6.45, 7) is 6.36. The van der Waals surface area contributed by atoms with Gasteiger partial charge in [-0.25, -0.2) is 0 Å². The van der Waals surface area contributed by atoms with Crippen LogP contribution in [0, 0.1) is 6.92 Å². The number of benzene rings is 1. The van der Waals surface area contributed by atoms with Crippen LogP contribution in [0.2, 0.25) is 0 Å². The van der Waals surface area contributed by atoms with Crippen molar-refractivity contribution in [2.24, 2.45) is 5.73 Å². The summed E-state index contributed by atoms with van der Waals surface area (Å²) in [5, 5.41) is 0. The maximum absolute atomic E-state index is 6.47. The van der Waals surface area contributed by atoms with Gasteiger partial charge in [0.25, 0.3) is 0 Å². The Morgan fingerprint density at radius 2 is 1.76 bits per heavy atom. The first kappa shape index (κ1) is 12.3. The molecule has 0 amide bonds. The van der Waals surface area contributed by atoms with Crippen molar-refractivity contribution in [1.82, 2.24) is 0 Å². The van der Waals surface area contributed by atoms with E-state index in [9.17, 15) is 0 Å². The molecule has 0 saturated heterocycles. The largest absolute Gasteiger partial charge is 0.317 e. The highest BCUT2D eigenvalue weighted by Gasteiger charge is 2.24. The zero-order valence-corrected chi connectivity index (χ0v) is 11.5. The molecule has 1 nitrogen and oxygen atoms in total. The third-order valence-electron chi connectivity index (χ3n) is 3.21. The van der Waals surface area contributed by atoms with E-state index >= 15 is 0 Å². The lowest BCUT2D eigenvalue weighted by molar-refractivity contribution is 0.616. The maximum Gasteiger partial charge on any atom is 0.0730 e. The minimum Gasteiger partial charge on any atom is -0.317 e. The summed E-state index contributed by atoms with van der Waals surface area (Å²) in [6.07, 6.45) is 1.07. The smallest absolute Gasteiger partial charge is 0.0730 e. The number of nitrogens with two attached hydrogens (primary N) is 1. The Morgan fingerprint density at radius 3 is 2.24 bits per heavy atom. The second-order valence-electron chi connectivity index (χ2n) is 4.66. The first-order valence-corrected chi connectivity index (χ1v) is 6.81. The Bertz CT molecular complexity index is 494. The van der Waals surface area contributed by atoms with Crippen LogP contribution in [0.1, 0.15) is 34.7 Å². The normalized spacial score (nSPS) is 14.6. The fraction of sp³-hybridized carbons (Fsp3) is 0.333. The molecular formula is C15H19NS. The summed E-state index contributed by atoms with van der Waals surface area (Å²) >= 11 is 1.77. The van der Waals surface area contributed by atoms with Crippen molar-refractivity contribution in [1.29, 1.82) is 0 Å². The number of hydrogen-bond donors (Lipinski definition) is 1. The van der Waals surface area contributed by atoms with Gasteiger partial charge < -0.3 is 5.73 Å². The Kier molecular flexibility index (Phi) is 3.36. The van der Waals surface area contributed by atoms with Crippen LogP contribution < -0.4 is 5.73 Å². The lowest BCUT2D eigenvalue weighted by atomic mass is 9.91. The molecule has 0 aliphatic carbocycles. The monoisotopic (exact) mass is 245 g/mol. The molecule has 0 aliphatic heterocycles. The Hall–Kier alpha value is -1.12. The van der Waals surface area contributed by atoms with Crippen molar-refractivity contribution >= 4 is 11.3 Å². The van der Waals surface area contributed by atoms with Gasteiger partial charge in [0.05, 0.1) is 5.54 Å². The van der Waals surface area contributed by atoms with E-state index in [1.807, 2.05) is 0 Å². The third-order valence-corrected chi connectivity index (χ3v) is 4.45. The topological polar surface area (TPSA) is 26.0 Å². The SMILES string of the molecule is CCc1ccc(C(C)(N)c2ccc(C)s2)cc1. The zero-order chi connectivity index (χ0) is 12.5. The highest BCUT2D eigenvalue weighted by atomic mass is 32.1. The first-order valence-electron chi connectivity index (χ1n) is 5.99. The predicted molar refractivity (Wildman–Crippen MR) is 75.5 cm³/mol. The molecule has 1 atom stereocenters. The zero-order valence-electron chi connectivity index (χ0n) is 10.7. The maximum atomic E-state index is 6.47. The molecule has 90 valence electrons. The molecule has 0 saturated carbocycles. The molecule has 1 unspecified atom stereocenters. The van der Waals surface area contributed by atoms with Crippen LogP contribution in [0.3, 0.4) is 0 Å². The van der Waals surface area contributed by atoms with E-state index in [-0.39, 0.29) is 5.54 Å². The first-order chi connectivity index (χ1) is 8.04. The van der Waals surface area contributed by atoms with Gasteiger partial charge in [0.2, 0.25) is 0 Å². The molecule has 0 bridgehead atoms. The molecule has 2 N–H and O–H groups in total. The highest BCUT2D eigenvalue weighted by Crippen LogP contribution is 2.31. The molecule has 1 heterocycles. The van der Waals surface area contributed by atoms with Crippen molar-refractivity contribution in [3.8, 4) is 0 Å². The fourth-order valence-corrected chi connectivity index (χ4v) is 2.89. The van der Waals surface area contributed by atoms with Gasteiger partial charge in [0.1, 0.15) is 0 Å². The molecule has 0 fully saturated rings. The number of rotatable bonds is 3. The van der Waals surface area contributed by atoms with Crippen molar-refractivity contribution in [2.45, 2.75) is 32.7 Å². The van der Waals surface area contributed by atoms with Crippen LogP contribution in [0.15, 0.2) is 36.4 Å². The molecule has 2 heteroatoms. The summed E-state index contributed by atoms with van der Waals surface area (Å²) in [5.41, 5.74) is 8.62. The number of aryl methyl sites for hydroxylation is 2. The van der Waals surface area contributed by atoms with E-state index in [1.165, 1.54) is 20.9 Å². The molecule has 1 aromatic carbocycles. The van der Waals surface area contributed by atoms with Gasteiger partial charge in [0, 0.05) is 9.75 Å². The minimum absolute atomic E-state index is 0.384. The van der Waals surface area contributed by atoms with Crippen LogP contribution >= 0.6 is 11.3 Å². The lowest BCUT2D eigenvalue weighted by Crippen LogP contribution is -2.33. The predicted octanol–water partition coefficient (Wildman–Crippen LogP) is 3.84. The molecule has 17 heavy (non-hydrogen) atoms. The molecule has 0 radical (unpaired) electrons. The van der Waals surface area contributed by atoms with Gasteiger partial charge >= 0.3 is 0 Å². The summed E-state index contributed by atoms with van der Waals surface area (Å²) in [7, 11) is 0. The average molecular weight is 245 g/mol. The summed E-state index contributed by atoms with van der Waals surface area (Å²) in [4.78, 5) is 2.53. The van der Waals surface area contributed by atoms with E-state index in [0.717, 1.165) is 6.42 Å². The molecule has 0 aliphatic rings. The van der Waals surface area contributed by atoms with Crippen molar-refractivity contribution in [3.63, 3.8) is 0 Å². The van der Waals surface area contributed by atoms with Crippen molar-refractivity contribution in [2.75, 3.05) is 0 Å². The van der Waals surface area contributed by atoms with Gasteiger partial charge in [-0.05, 0) is 43.5 Å². The molecule has 0 spiro atoms. The van der Waals surface area contributed by atoms with E-state index < -0.39 is 0 Å². The van der Waals surface area contributed by atoms with E-state index in [4.69, 9.17) is 5.73 Å². The van der Waals surface area contributed by atoms with Crippen LogP contribution in [-0.2, 0) is 12.0 Å². The van der Waals surface area contributed by atoms with Crippen LogP contribution in [0.25, 0.3) is 0 Å². The second-order valence-corrected chi connectivity index (χ2v) is 5.95. The molecular weight excluding hydrogens is 226 g/mol. The van der Waals surface area contributed by atoms with Gasteiger partial charge in [-0.2, -0.15) is 0 Å². The Labute approximate surface area is 107 Å². The van der Waals surface area contributed by atoms with Crippen LogP contribution in [0.4, 0.5) is 0 Å². The highest BCUT2D eigenvalue weighted by molar-refractivity contribution is 7.12. The molecule has 2 rings (SSSR count). The van der Waals surface area contributed by atoms with Crippen LogP contribution in [-0.4, -0.2) is 0 Å². The van der Waals surface area contributed by atoms with Crippen molar-refractivity contribution in [3.05, 3.63) is 57.3 Å². The molecule has 1 aromatic heterocycles. The van der Waals surface area contributed by atoms with Gasteiger partial charge in [-0.15, -0.1) is 11.3 Å². The van der Waals surface area contributed by atoms with E-state index in [1.54, 1.807) is 11.3 Å². The third kappa shape index (κ3) is 2.43. The fourth-order valence-electron chi connectivity index (χ4n) is 1.94. The summed E-state index contributed by atoms with van der Waals surface area (Å²) in [6, 6.07) is 12.9. The van der Waals surface area contributed by atoms with Gasteiger partial charge in [-0.3, -0.25) is 0 Å². The number of thiophene rings is 1. The second kappa shape index (κ2) is 4.63. The Balaban J connectivity index is 2.36. The summed E-state index contributed by atoms with van der Waals surface area (Å²) in [5.74, 6) is 0. The average Bonchev–Trinajstić information content (AvgIpc) is 2.77. The van der Waals surface area contributed by atoms with E-state index in [2.05, 4.69) is 57.2 Å². The van der Waals surface area contributed by atoms with Gasteiger partial charge in [0.15, 0.2) is 0 Å². The lowest BCUT2D eigenvalue weighted by Gasteiger charge is -2.24. The number of hydrogen-bond acceptors (Lipinski definition) is 2. The van der Waals surface area contributed by atoms with E-state index in [0.29, 0.717) is 0 Å². The van der Waals surface area contributed by atoms with Crippen molar-refractivity contribution < 1.29 is 0 Å². The summed E-state index contributed by atoms with van der Waals surface area (Å²) < 4.78 is 0. The molecule has 2 aromatic rings. The van der Waals surface area contributed by atoms with Crippen LogP contribution in [0.5, 0.6) is 0 Å². The minimum atomic E-state index is -0.384. The van der Waals surface area contributed by atoms with Gasteiger partial charge in [-0.1, -0.05) is 31.2 Å².